The summed E-state index contributed by atoms with van der Waals surface area (Å²) in [6.07, 6.45) is 0.553. The Hall–Kier alpha value is -1.51. The van der Waals surface area contributed by atoms with Crippen LogP contribution in [0, 0.1) is 0 Å². The van der Waals surface area contributed by atoms with Gasteiger partial charge in [0.25, 0.3) is 0 Å². The second-order valence-electron chi connectivity index (χ2n) is 4.30. The third kappa shape index (κ3) is 2.75. The molecule has 19 heavy (non-hydrogen) atoms. The molecule has 0 N–H and O–H groups in total. The zero-order valence-electron chi connectivity index (χ0n) is 10.0. The monoisotopic (exact) mass is 291 g/mol. The van der Waals surface area contributed by atoms with Gasteiger partial charge in [0.05, 0.1) is 5.38 Å². The average molecular weight is 292 g/mol. The molecule has 0 amide bonds. The first-order valence-corrected chi connectivity index (χ1v) is 6.78. The van der Waals surface area contributed by atoms with Crippen LogP contribution in [0.5, 0.6) is 0 Å². The summed E-state index contributed by atoms with van der Waals surface area (Å²) in [5.74, 6) is 0.649. The minimum atomic E-state index is -0.176. The molecule has 0 fully saturated rings. The largest absolute Gasteiger partial charge is 0.441 e. The van der Waals surface area contributed by atoms with Crippen LogP contribution in [0.25, 0.3) is 11.1 Å². The highest BCUT2D eigenvalue weighted by Gasteiger charge is 2.13. The highest BCUT2D eigenvalue weighted by atomic mass is 35.5. The zero-order valence-corrected chi connectivity index (χ0v) is 11.5. The number of hydrogen-bond donors (Lipinski definition) is 0. The maximum atomic E-state index is 6.38. The van der Waals surface area contributed by atoms with Gasteiger partial charge in [0, 0.05) is 11.4 Å². The summed E-state index contributed by atoms with van der Waals surface area (Å²) in [4.78, 5) is 4.42. The molecule has 0 saturated carbocycles. The highest BCUT2D eigenvalue weighted by molar-refractivity contribution is 6.30. The van der Waals surface area contributed by atoms with Gasteiger partial charge in [-0.1, -0.05) is 35.9 Å². The molecule has 3 aromatic rings. The Kier molecular flexibility index (Phi) is 3.45. The third-order valence-electron chi connectivity index (χ3n) is 2.92. The van der Waals surface area contributed by atoms with Crippen LogP contribution in [-0.2, 0) is 6.42 Å². The molecule has 0 radical (unpaired) electrons. The van der Waals surface area contributed by atoms with E-state index in [2.05, 4.69) is 4.98 Å². The quantitative estimate of drug-likeness (QED) is 0.635. The van der Waals surface area contributed by atoms with Crippen LogP contribution in [0.15, 0.2) is 52.9 Å². The lowest BCUT2D eigenvalue weighted by atomic mass is 10.1. The van der Waals surface area contributed by atoms with Gasteiger partial charge in [-0.2, -0.15) is 0 Å². The van der Waals surface area contributed by atoms with Crippen molar-refractivity contribution in [3.8, 4) is 0 Å². The molecule has 0 aliphatic rings. The van der Waals surface area contributed by atoms with Gasteiger partial charge in [-0.05, 0) is 29.8 Å². The fraction of sp³-hybridized carbons (Fsp3) is 0.133. The Labute approximate surface area is 121 Å². The van der Waals surface area contributed by atoms with Crippen molar-refractivity contribution >= 4 is 34.3 Å². The fourth-order valence-corrected chi connectivity index (χ4v) is 2.35. The lowest BCUT2D eigenvalue weighted by Gasteiger charge is -2.07. The average Bonchev–Trinajstić information content (AvgIpc) is 2.81. The van der Waals surface area contributed by atoms with Crippen LogP contribution >= 0.6 is 23.2 Å². The normalized spacial score (nSPS) is 12.7. The van der Waals surface area contributed by atoms with E-state index in [0.717, 1.165) is 16.7 Å². The van der Waals surface area contributed by atoms with E-state index in [4.69, 9.17) is 27.6 Å². The van der Waals surface area contributed by atoms with Gasteiger partial charge in [-0.25, -0.2) is 4.98 Å². The Balaban J connectivity index is 1.82. The number of hydrogen-bond acceptors (Lipinski definition) is 2. The molecule has 0 aliphatic heterocycles. The van der Waals surface area contributed by atoms with Gasteiger partial charge in [-0.15, -0.1) is 11.6 Å². The molecule has 2 aromatic carbocycles. The summed E-state index contributed by atoms with van der Waals surface area (Å²) in [5, 5.41) is 0.528. The molecule has 0 spiro atoms. The van der Waals surface area contributed by atoms with E-state index < -0.39 is 0 Å². The van der Waals surface area contributed by atoms with Crippen molar-refractivity contribution in [1.29, 1.82) is 0 Å². The van der Waals surface area contributed by atoms with Crippen molar-refractivity contribution in [3.05, 3.63) is 65.0 Å². The van der Waals surface area contributed by atoms with Gasteiger partial charge >= 0.3 is 0 Å². The Bertz CT molecular complexity index is 658. The van der Waals surface area contributed by atoms with E-state index in [1.807, 2.05) is 48.5 Å². The summed E-state index contributed by atoms with van der Waals surface area (Å²) in [6, 6.07) is 15.2. The standard InChI is InChI=1S/C15H11Cl2NO/c16-11-7-5-10(6-8-11)12(17)9-15-18-13-3-1-2-4-14(13)19-15/h1-8,12H,9H2. The van der Waals surface area contributed by atoms with Gasteiger partial charge in [0.15, 0.2) is 11.5 Å². The van der Waals surface area contributed by atoms with Crippen LogP contribution in [0.2, 0.25) is 5.02 Å². The first-order chi connectivity index (χ1) is 9.22. The van der Waals surface area contributed by atoms with Crippen molar-refractivity contribution in [2.45, 2.75) is 11.8 Å². The molecule has 2 nitrogen and oxygen atoms in total. The Morgan fingerprint density at radius 1 is 1.05 bits per heavy atom. The first kappa shape index (κ1) is 12.5. The Morgan fingerprint density at radius 2 is 1.79 bits per heavy atom. The van der Waals surface area contributed by atoms with Crippen molar-refractivity contribution in [3.63, 3.8) is 0 Å². The van der Waals surface area contributed by atoms with Crippen LogP contribution in [0.1, 0.15) is 16.8 Å². The minimum absolute atomic E-state index is 0.176. The summed E-state index contributed by atoms with van der Waals surface area (Å²) < 4.78 is 5.66. The van der Waals surface area contributed by atoms with Crippen LogP contribution in [0.4, 0.5) is 0 Å². The Morgan fingerprint density at radius 3 is 2.53 bits per heavy atom. The molecule has 1 unspecified atom stereocenters. The van der Waals surface area contributed by atoms with Crippen molar-refractivity contribution in [1.82, 2.24) is 4.98 Å². The van der Waals surface area contributed by atoms with Crippen LogP contribution in [-0.4, -0.2) is 4.98 Å². The molecule has 0 saturated heterocycles. The molecule has 1 aromatic heterocycles. The molecule has 0 aliphatic carbocycles. The number of alkyl halides is 1. The summed E-state index contributed by atoms with van der Waals surface area (Å²) in [5.41, 5.74) is 2.66. The number of halogens is 2. The smallest absolute Gasteiger partial charge is 0.197 e. The second-order valence-corrected chi connectivity index (χ2v) is 5.26. The van der Waals surface area contributed by atoms with E-state index in [-0.39, 0.29) is 5.38 Å². The SMILES string of the molecule is Clc1ccc(C(Cl)Cc2nc3ccccc3o2)cc1. The van der Waals surface area contributed by atoms with E-state index in [9.17, 15) is 0 Å². The molecule has 96 valence electrons. The highest BCUT2D eigenvalue weighted by Crippen LogP contribution is 2.27. The first-order valence-electron chi connectivity index (χ1n) is 5.96. The topological polar surface area (TPSA) is 26.0 Å². The van der Waals surface area contributed by atoms with E-state index in [1.165, 1.54) is 0 Å². The van der Waals surface area contributed by atoms with E-state index >= 15 is 0 Å². The lowest BCUT2D eigenvalue weighted by molar-refractivity contribution is 0.525. The molecule has 1 atom stereocenters. The van der Waals surface area contributed by atoms with Gasteiger partial charge in [-0.3, -0.25) is 0 Å². The summed E-state index contributed by atoms with van der Waals surface area (Å²) in [7, 11) is 0. The molecular weight excluding hydrogens is 281 g/mol. The van der Waals surface area contributed by atoms with E-state index in [1.54, 1.807) is 0 Å². The van der Waals surface area contributed by atoms with Gasteiger partial charge in [0.2, 0.25) is 0 Å². The predicted octanol–water partition coefficient (Wildman–Crippen LogP) is 5.00. The summed E-state index contributed by atoms with van der Waals surface area (Å²) in [6.45, 7) is 0. The number of oxazole rings is 1. The molecule has 3 rings (SSSR count). The number of aromatic nitrogens is 1. The van der Waals surface area contributed by atoms with Crippen molar-refractivity contribution in [2.75, 3.05) is 0 Å². The van der Waals surface area contributed by atoms with Crippen molar-refractivity contribution in [2.24, 2.45) is 0 Å². The van der Waals surface area contributed by atoms with Gasteiger partial charge in [0.1, 0.15) is 5.52 Å². The van der Waals surface area contributed by atoms with Gasteiger partial charge < -0.3 is 4.42 Å². The molecule has 0 bridgehead atoms. The van der Waals surface area contributed by atoms with E-state index in [0.29, 0.717) is 17.3 Å². The predicted molar refractivity (Wildman–Crippen MR) is 77.8 cm³/mol. The number of benzene rings is 2. The van der Waals surface area contributed by atoms with Crippen molar-refractivity contribution < 1.29 is 4.42 Å². The second kappa shape index (κ2) is 5.24. The zero-order chi connectivity index (χ0) is 13.2. The molecular formula is C15H11Cl2NO. The lowest BCUT2D eigenvalue weighted by Crippen LogP contribution is -1.95. The van der Waals surface area contributed by atoms with Crippen LogP contribution < -0.4 is 0 Å². The fourth-order valence-electron chi connectivity index (χ4n) is 1.95. The maximum Gasteiger partial charge on any atom is 0.197 e. The maximum absolute atomic E-state index is 6.38. The van der Waals surface area contributed by atoms with Crippen LogP contribution in [0.3, 0.4) is 0 Å². The number of para-hydroxylation sites is 2. The third-order valence-corrected chi connectivity index (χ3v) is 3.58. The number of nitrogens with zero attached hydrogens (tertiary/aromatic N) is 1. The number of rotatable bonds is 3. The summed E-state index contributed by atoms with van der Waals surface area (Å²) >= 11 is 12.2. The molecule has 1 heterocycles. The minimum Gasteiger partial charge on any atom is -0.441 e. The molecule has 4 heteroatoms. The number of fused-ring (bicyclic) bond motifs is 1.